The van der Waals surface area contributed by atoms with Crippen LogP contribution in [0.5, 0.6) is 0 Å². The molecule has 1 unspecified atom stereocenters. The van der Waals surface area contributed by atoms with E-state index < -0.39 is 0 Å². The number of rotatable bonds is 8. The van der Waals surface area contributed by atoms with Gasteiger partial charge in [-0.05, 0) is 37.9 Å². The van der Waals surface area contributed by atoms with Gasteiger partial charge in [-0.3, -0.25) is 0 Å². The number of nitrogens with one attached hydrogen (secondary N) is 1. The van der Waals surface area contributed by atoms with Gasteiger partial charge in [-0.15, -0.1) is 0 Å². The summed E-state index contributed by atoms with van der Waals surface area (Å²) in [5.41, 5.74) is 4.05. The Balaban J connectivity index is 2.75. The molecule has 0 amide bonds. The van der Waals surface area contributed by atoms with Gasteiger partial charge in [0.2, 0.25) is 0 Å². The molecule has 0 saturated heterocycles. The Labute approximate surface area is 115 Å². The molecule has 1 rings (SSSR count). The second-order valence-corrected chi connectivity index (χ2v) is 5.82. The van der Waals surface area contributed by atoms with Gasteiger partial charge in [-0.2, -0.15) is 11.8 Å². The first kappa shape index (κ1) is 15.5. The zero-order valence-corrected chi connectivity index (χ0v) is 12.5. The molecule has 2 N–H and O–H groups in total. The lowest BCUT2D eigenvalue weighted by molar-refractivity contribution is 0.322. The van der Waals surface area contributed by atoms with Crippen molar-refractivity contribution in [3.05, 3.63) is 34.9 Å². The zero-order chi connectivity index (χ0) is 13.4. The van der Waals surface area contributed by atoms with Crippen LogP contribution >= 0.6 is 11.8 Å². The fourth-order valence-corrected chi connectivity index (χ4v) is 2.81. The molecule has 0 bridgehead atoms. The maximum atomic E-state index is 8.88. The van der Waals surface area contributed by atoms with Crippen molar-refractivity contribution in [3.8, 4) is 0 Å². The fraction of sp³-hybridized carbons (Fsp3) is 0.600. The van der Waals surface area contributed by atoms with Crippen molar-refractivity contribution in [1.82, 2.24) is 5.32 Å². The predicted octanol–water partition coefficient (Wildman–Crippen LogP) is 3.07. The van der Waals surface area contributed by atoms with Gasteiger partial charge in [0.05, 0.1) is 6.61 Å². The Morgan fingerprint density at radius 1 is 1.33 bits per heavy atom. The highest BCUT2D eigenvalue weighted by molar-refractivity contribution is 7.99. The summed E-state index contributed by atoms with van der Waals surface area (Å²) in [6.07, 6.45) is 1.14. The Bertz CT molecular complexity index is 354. The van der Waals surface area contributed by atoms with Crippen molar-refractivity contribution in [3.63, 3.8) is 0 Å². The lowest BCUT2D eigenvalue weighted by Crippen LogP contribution is -2.25. The van der Waals surface area contributed by atoms with E-state index in [0.717, 1.165) is 24.5 Å². The summed E-state index contributed by atoms with van der Waals surface area (Å²) in [5, 5.41) is 12.5. The van der Waals surface area contributed by atoms with E-state index in [9.17, 15) is 0 Å². The topological polar surface area (TPSA) is 32.3 Å². The normalized spacial score (nSPS) is 12.7. The van der Waals surface area contributed by atoms with E-state index in [1.807, 2.05) is 11.8 Å². The molecule has 0 spiro atoms. The summed E-state index contributed by atoms with van der Waals surface area (Å²) in [6.45, 7) is 7.80. The lowest BCUT2D eigenvalue weighted by atomic mass is 10.00. The Morgan fingerprint density at radius 3 is 2.78 bits per heavy atom. The Hall–Kier alpha value is -0.510. The van der Waals surface area contributed by atoms with Crippen LogP contribution in [0, 0.1) is 13.8 Å². The second-order valence-electron chi connectivity index (χ2n) is 4.67. The molecule has 0 saturated carbocycles. The van der Waals surface area contributed by atoms with E-state index in [4.69, 9.17) is 5.11 Å². The minimum Gasteiger partial charge on any atom is -0.396 e. The van der Waals surface area contributed by atoms with Crippen LogP contribution in [0.2, 0.25) is 0 Å². The highest BCUT2D eigenvalue weighted by Crippen LogP contribution is 2.23. The third-order valence-electron chi connectivity index (χ3n) is 2.97. The molecule has 0 heterocycles. The van der Waals surface area contributed by atoms with Gasteiger partial charge in [-0.25, -0.2) is 0 Å². The molecule has 2 nitrogen and oxygen atoms in total. The first-order valence-electron chi connectivity index (χ1n) is 6.68. The summed E-state index contributed by atoms with van der Waals surface area (Å²) in [4.78, 5) is 0. The average Bonchev–Trinajstić information content (AvgIpc) is 2.37. The van der Waals surface area contributed by atoms with Gasteiger partial charge in [0.15, 0.2) is 0 Å². The number of aliphatic hydroxyl groups excluding tert-OH is 1. The van der Waals surface area contributed by atoms with Crippen LogP contribution in [0.1, 0.15) is 36.1 Å². The van der Waals surface area contributed by atoms with Crippen LogP contribution in [0.15, 0.2) is 18.2 Å². The van der Waals surface area contributed by atoms with Crippen LogP contribution in [-0.2, 0) is 0 Å². The predicted molar refractivity (Wildman–Crippen MR) is 81.4 cm³/mol. The summed E-state index contributed by atoms with van der Waals surface area (Å²) >= 11 is 1.81. The number of hydrogen-bond donors (Lipinski definition) is 2. The molecule has 0 aliphatic carbocycles. The molecule has 1 aromatic carbocycles. The smallest absolute Gasteiger partial charge is 0.0521 e. The molecule has 1 atom stereocenters. The molecular weight excluding hydrogens is 242 g/mol. The van der Waals surface area contributed by atoms with Gasteiger partial charge in [-0.1, -0.05) is 30.7 Å². The number of hydrogen-bond acceptors (Lipinski definition) is 3. The van der Waals surface area contributed by atoms with Crippen molar-refractivity contribution < 1.29 is 5.11 Å². The lowest BCUT2D eigenvalue weighted by Gasteiger charge is -2.21. The third kappa shape index (κ3) is 5.01. The highest BCUT2D eigenvalue weighted by atomic mass is 32.2. The standard InChI is InChI=1S/C15H25NOS/c1-4-7-16-15(11-18-9-8-17)14-10-12(2)5-6-13(14)3/h5-6,10,15-17H,4,7-9,11H2,1-3H3. The summed E-state index contributed by atoms with van der Waals surface area (Å²) < 4.78 is 0. The van der Waals surface area contributed by atoms with Crippen molar-refractivity contribution >= 4 is 11.8 Å². The van der Waals surface area contributed by atoms with E-state index >= 15 is 0 Å². The monoisotopic (exact) mass is 267 g/mol. The van der Waals surface area contributed by atoms with Gasteiger partial charge in [0, 0.05) is 17.5 Å². The molecule has 0 radical (unpaired) electrons. The maximum absolute atomic E-state index is 8.88. The van der Waals surface area contributed by atoms with Crippen LogP contribution in [0.25, 0.3) is 0 Å². The molecule has 0 aliphatic rings. The van der Waals surface area contributed by atoms with Crippen LogP contribution in [0.3, 0.4) is 0 Å². The SMILES string of the molecule is CCCNC(CSCCO)c1cc(C)ccc1C. The Morgan fingerprint density at radius 2 is 2.11 bits per heavy atom. The summed E-state index contributed by atoms with van der Waals surface area (Å²) in [6, 6.07) is 7.03. The number of aliphatic hydroxyl groups is 1. The van der Waals surface area contributed by atoms with Gasteiger partial charge in [0.1, 0.15) is 0 Å². The summed E-state index contributed by atoms with van der Waals surface area (Å²) in [5.74, 6) is 1.83. The second kappa shape index (κ2) is 8.57. The minimum absolute atomic E-state index is 0.262. The minimum atomic E-state index is 0.262. The molecule has 0 aromatic heterocycles. The third-order valence-corrected chi connectivity index (χ3v) is 4.01. The molecule has 18 heavy (non-hydrogen) atoms. The van der Waals surface area contributed by atoms with Gasteiger partial charge >= 0.3 is 0 Å². The van der Waals surface area contributed by atoms with Crippen molar-refractivity contribution in [2.45, 2.75) is 33.2 Å². The number of benzene rings is 1. The quantitative estimate of drug-likeness (QED) is 0.710. The molecule has 0 fully saturated rings. The van der Waals surface area contributed by atoms with Gasteiger partial charge < -0.3 is 10.4 Å². The molecular formula is C15H25NOS. The maximum Gasteiger partial charge on any atom is 0.0521 e. The summed E-state index contributed by atoms with van der Waals surface area (Å²) in [7, 11) is 0. The van der Waals surface area contributed by atoms with Crippen molar-refractivity contribution in [1.29, 1.82) is 0 Å². The Kier molecular flexibility index (Phi) is 7.40. The molecule has 102 valence electrons. The molecule has 3 heteroatoms. The van der Waals surface area contributed by atoms with Crippen LogP contribution in [-0.4, -0.2) is 29.8 Å². The van der Waals surface area contributed by atoms with Gasteiger partial charge in [0.25, 0.3) is 0 Å². The largest absolute Gasteiger partial charge is 0.396 e. The molecule has 0 aliphatic heterocycles. The molecule has 1 aromatic rings. The van der Waals surface area contributed by atoms with E-state index in [1.54, 1.807) is 0 Å². The zero-order valence-electron chi connectivity index (χ0n) is 11.7. The van der Waals surface area contributed by atoms with E-state index in [-0.39, 0.29) is 6.61 Å². The van der Waals surface area contributed by atoms with E-state index in [1.165, 1.54) is 16.7 Å². The average molecular weight is 267 g/mol. The van der Waals surface area contributed by atoms with Crippen molar-refractivity contribution in [2.75, 3.05) is 24.7 Å². The highest BCUT2D eigenvalue weighted by Gasteiger charge is 2.13. The van der Waals surface area contributed by atoms with Crippen LogP contribution in [0.4, 0.5) is 0 Å². The van der Waals surface area contributed by atoms with E-state index in [2.05, 4.69) is 44.3 Å². The first-order valence-corrected chi connectivity index (χ1v) is 7.83. The number of aryl methyl sites for hydroxylation is 2. The number of thioether (sulfide) groups is 1. The van der Waals surface area contributed by atoms with Crippen LogP contribution < -0.4 is 5.32 Å². The fourth-order valence-electron chi connectivity index (χ4n) is 1.98. The van der Waals surface area contributed by atoms with E-state index in [0.29, 0.717) is 6.04 Å². The van der Waals surface area contributed by atoms with Crippen molar-refractivity contribution in [2.24, 2.45) is 0 Å². The first-order chi connectivity index (χ1) is 8.69.